The van der Waals surface area contributed by atoms with Crippen molar-refractivity contribution in [1.82, 2.24) is 5.32 Å². The largest absolute Gasteiger partial charge is 0.310 e. The molecule has 0 heterocycles. The second kappa shape index (κ2) is 8.01. The lowest BCUT2D eigenvalue weighted by molar-refractivity contribution is 0.529. The quantitative estimate of drug-likeness (QED) is 0.656. The van der Waals surface area contributed by atoms with Gasteiger partial charge in [0.2, 0.25) is 0 Å². The van der Waals surface area contributed by atoms with Crippen LogP contribution in [-0.2, 0) is 6.42 Å². The van der Waals surface area contributed by atoms with Crippen LogP contribution in [0.15, 0.2) is 48.5 Å². The number of hydrogen-bond donors (Lipinski definition) is 1. The van der Waals surface area contributed by atoms with E-state index in [0.29, 0.717) is 6.04 Å². The normalized spacial score (nSPS) is 12.3. The Labute approximate surface area is 139 Å². The third kappa shape index (κ3) is 4.47. The van der Waals surface area contributed by atoms with E-state index in [0.717, 1.165) is 28.0 Å². The first-order valence-electron chi connectivity index (χ1n) is 6.93. The van der Waals surface area contributed by atoms with Gasteiger partial charge in [-0.25, -0.2) is 0 Å². The van der Waals surface area contributed by atoms with E-state index in [1.165, 1.54) is 11.1 Å². The van der Waals surface area contributed by atoms with Crippen LogP contribution in [0, 0.1) is 3.57 Å². The highest BCUT2D eigenvalue weighted by Crippen LogP contribution is 2.25. The standard InChI is InChI=1S/C17H19ClIN/c1-2-10-20-17(11-13-6-4-3-5-7-13)14-8-9-16(19)15(18)12-14/h3-9,12,17,20H,2,10-11H2,1H3. The van der Waals surface area contributed by atoms with Crippen molar-refractivity contribution in [2.24, 2.45) is 0 Å². The Balaban J connectivity index is 2.20. The summed E-state index contributed by atoms with van der Waals surface area (Å²) in [4.78, 5) is 0. The fourth-order valence-corrected chi connectivity index (χ4v) is 2.73. The monoisotopic (exact) mass is 399 g/mol. The van der Waals surface area contributed by atoms with Gasteiger partial charge in [0.1, 0.15) is 0 Å². The van der Waals surface area contributed by atoms with Gasteiger partial charge in [-0.3, -0.25) is 0 Å². The zero-order valence-corrected chi connectivity index (χ0v) is 14.5. The van der Waals surface area contributed by atoms with E-state index in [2.05, 4.69) is 83.4 Å². The minimum Gasteiger partial charge on any atom is -0.310 e. The van der Waals surface area contributed by atoms with Gasteiger partial charge in [0.15, 0.2) is 0 Å². The highest BCUT2D eigenvalue weighted by Gasteiger charge is 2.12. The predicted octanol–water partition coefficient (Wildman–Crippen LogP) is 5.23. The first-order chi connectivity index (χ1) is 9.70. The average Bonchev–Trinajstić information content (AvgIpc) is 2.47. The van der Waals surface area contributed by atoms with Crippen LogP contribution < -0.4 is 5.32 Å². The van der Waals surface area contributed by atoms with Crippen molar-refractivity contribution in [3.05, 3.63) is 68.3 Å². The minimum absolute atomic E-state index is 0.312. The summed E-state index contributed by atoms with van der Waals surface area (Å²) in [5.41, 5.74) is 2.60. The summed E-state index contributed by atoms with van der Waals surface area (Å²) >= 11 is 8.52. The van der Waals surface area contributed by atoms with Crippen molar-refractivity contribution in [2.45, 2.75) is 25.8 Å². The molecule has 0 radical (unpaired) electrons. The summed E-state index contributed by atoms with van der Waals surface area (Å²) in [7, 11) is 0. The Morgan fingerprint density at radius 2 is 1.90 bits per heavy atom. The molecule has 0 aliphatic heterocycles. The highest BCUT2D eigenvalue weighted by atomic mass is 127. The van der Waals surface area contributed by atoms with Gasteiger partial charge in [-0.15, -0.1) is 0 Å². The van der Waals surface area contributed by atoms with E-state index >= 15 is 0 Å². The van der Waals surface area contributed by atoms with E-state index in [1.807, 2.05) is 0 Å². The fraction of sp³-hybridized carbons (Fsp3) is 0.294. The molecule has 0 spiro atoms. The zero-order chi connectivity index (χ0) is 14.4. The van der Waals surface area contributed by atoms with Crippen molar-refractivity contribution in [1.29, 1.82) is 0 Å². The molecular weight excluding hydrogens is 381 g/mol. The van der Waals surface area contributed by atoms with Crippen molar-refractivity contribution < 1.29 is 0 Å². The third-order valence-corrected chi connectivity index (χ3v) is 4.84. The van der Waals surface area contributed by atoms with E-state index in [4.69, 9.17) is 11.6 Å². The summed E-state index contributed by atoms with van der Waals surface area (Å²) in [5, 5.41) is 4.45. The molecule has 3 heteroatoms. The van der Waals surface area contributed by atoms with E-state index < -0.39 is 0 Å². The number of benzene rings is 2. The molecule has 1 N–H and O–H groups in total. The first kappa shape index (κ1) is 15.8. The Hall–Kier alpha value is -0.580. The molecule has 0 aromatic heterocycles. The summed E-state index contributed by atoms with van der Waals surface area (Å²) in [5.74, 6) is 0. The van der Waals surface area contributed by atoms with Crippen LogP contribution in [0.2, 0.25) is 5.02 Å². The SMILES string of the molecule is CCCNC(Cc1ccccc1)c1ccc(I)c(Cl)c1. The molecule has 20 heavy (non-hydrogen) atoms. The highest BCUT2D eigenvalue weighted by molar-refractivity contribution is 14.1. The molecule has 2 rings (SSSR count). The smallest absolute Gasteiger partial charge is 0.0542 e. The Bertz CT molecular complexity index is 542. The maximum absolute atomic E-state index is 6.26. The molecule has 106 valence electrons. The molecule has 0 amide bonds. The molecule has 0 fully saturated rings. The fourth-order valence-electron chi connectivity index (χ4n) is 2.21. The number of nitrogens with one attached hydrogen (secondary N) is 1. The molecule has 1 atom stereocenters. The van der Waals surface area contributed by atoms with E-state index in [1.54, 1.807) is 0 Å². The van der Waals surface area contributed by atoms with Crippen LogP contribution >= 0.6 is 34.2 Å². The molecule has 2 aromatic rings. The molecule has 0 saturated heterocycles. The predicted molar refractivity (Wildman–Crippen MR) is 95.3 cm³/mol. The molecule has 0 bridgehead atoms. The van der Waals surface area contributed by atoms with Crippen LogP contribution in [0.1, 0.15) is 30.5 Å². The topological polar surface area (TPSA) is 12.0 Å². The Kier molecular flexibility index (Phi) is 6.33. The van der Waals surface area contributed by atoms with Gasteiger partial charge in [-0.05, 0) is 65.2 Å². The van der Waals surface area contributed by atoms with Gasteiger partial charge in [-0.2, -0.15) is 0 Å². The summed E-state index contributed by atoms with van der Waals surface area (Å²) in [6, 6.07) is 17.2. The summed E-state index contributed by atoms with van der Waals surface area (Å²) in [6.07, 6.45) is 2.11. The number of halogens is 2. The van der Waals surface area contributed by atoms with Crippen molar-refractivity contribution in [3.63, 3.8) is 0 Å². The first-order valence-corrected chi connectivity index (χ1v) is 8.38. The molecular formula is C17H19ClIN. The van der Waals surface area contributed by atoms with Crippen LogP contribution in [0.3, 0.4) is 0 Å². The average molecular weight is 400 g/mol. The summed E-state index contributed by atoms with van der Waals surface area (Å²) < 4.78 is 1.10. The second-order valence-corrected chi connectivity index (χ2v) is 6.44. The van der Waals surface area contributed by atoms with Gasteiger partial charge in [0, 0.05) is 9.61 Å². The van der Waals surface area contributed by atoms with Gasteiger partial charge in [0.25, 0.3) is 0 Å². The van der Waals surface area contributed by atoms with Crippen LogP contribution in [0.4, 0.5) is 0 Å². The van der Waals surface area contributed by atoms with Crippen molar-refractivity contribution in [2.75, 3.05) is 6.54 Å². The van der Waals surface area contributed by atoms with Gasteiger partial charge in [-0.1, -0.05) is 54.9 Å². The maximum atomic E-state index is 6.26. The van der Waals surface area contributed by atoms with E-state index in [9.17, 15) is 0 Å². The van der Waals surface area contributed by atoms with Gasteiger partial charge >= 0.3 is 0 Å². The molecule has 0 aliphatic carbocycles. The van der Waals surface area contributed by atoms with Crippen LogP contribution in [0.5, 0.6) is 0 Å². The second-order valence-electron chi connectivity index (χ2n) is 4.87. The van der Waals surface area contributed by atoms with Crippen molar-refractivity contribution in [3.8, 4) is 0 Å². The number of hydrogen-bond acceptors (Lipinski definition) is 1. The van der Waals surface area contributed by atoms with Crippen molar-refractivity contribution >= 4 is 34.2 Å². The van der Waals surface area contributed by atoms with Crippen LogP contribution in [0.25, 0.3) is 0 Å². The maximum Gasteiger partial charge on any atom is 0.0542 e. The van der Waals surface area contributed by atoms with Crippen LogP contribution in [-0.4, -0.2) is 6.54 Å². The van der Waals surface area contributed by atoms with Gasteiger partial charge in [0.05, 0.1) is 5.02 Å². The minimum atomic E-state index is 0.312. The molecule has 0 aliphatic rings. The molecule has 1 unspecified atom stereocenters. The lowest BCUT2D eigenvalue weighted by Gasteiger charge is -2.20. The Morgan fingerprint density at radius 1 is 1.15 bits per heavy atom. The lowest BCUT2D eigenvalue weighted by Crippen LogP contribution is -2.24. The molecule has 1 nitrogen and oxygen atoms in total. The number of rotatable bonds is 6. The Morgan fingerprint density at radius 3 is 2.55 bits per heavy atom. The van der Waals surface area contributed by atoms with E-state index in [-0.39, 0.29) is 0 Å². The lowest BCUT2D eigenvalue weighted by atomic mass is 9.99. The summed E-state index contributed by atoms with van der Waals surface area (Å²) in [6.45, 7) is 3.20. The molecule has 0 saturated carbocycles. The molecule has 2 aromatic carbocycles. The zero-order valence-electron chi connectivity index (χ0n) is 11.6. The van der Waals surface area contributed by atoms with Gasteiger partial charge < -0.3 is 5.32 Å². The third-order valence-electron chi connectivity index (χ3n) is 3.27.